The number of anilines is 1. The fourth-order valence-electron chi connectivity index (χ4n) is 3.06. The number of carbonyl (C=O) groups excluding carboxylic acids is 2. The van der Waals surface area contributed by atoms with Gasteiger partial charge in [-0.15, -0.1) is 0 Å². The monoisotopic (exact) mass is 272 g/mol. The van der Waals surface area contributed by atoms with Crippen LogP contribution in [0.1, 0.15) is 53.3 Å². The predicted octanol–water partition coefficient (Wildman–Crippen LogP) is 2.68. The molecule has 1 fully saturated rings. The first kappa shape index (κ1) is 13.2. The molecule has 0 radical (unpaired) electrons. The molecule has 1 aromatic carbocycles. The van der Waals surface area contributed by atoms with Gasteiger partial charge in [0.15, 0.2) is 0 Å². The van der Waals surface area contributed by atoms with Gasteiger partial charge in [-0.1, -0.05) is 19.4 Å². The van der Waals surface area contributed by atoms with Crippen molar-refractivity contribution in [1.82, 2.24) is 4.90 Å². The van der Waals surface area contributed by atoms with Crippen LogP contribution in [0.2, 0.25) is 0 Å². The molecule has 0 N–H and O–H groups in total. The zero-order valence-electron chi connectivity index (χ0n) is 11.9. The highest BCUT2D eigenvalue weighted by molar-refractivity contribution is 6.23. The summed E-state index contributed by atoms with van der Waals surface area (Å²) in [7, 11) is 0. The number of carbonyl (C=O) groups is 2. The Labute approximate surface area is 119 Å². The Morgan fingerprint density at radius 1 is 1.10 bits per heavy atom. The summed E-state index contributed by atoms with van der Waals surface area (Å²) in [6.07, 6.45) is 4.16. The smallest absolute Gasteiger partial charge is 0.263 e. The van der Waals surface area contributed by atoms with E-state index in [1.165, 1.54) is 4.90 Å². The quantitative estimate of drug-likeness (QED) is 0.791. The zero-order chi connectivity index (χ0) is 14.1. The van der Waals surface area contributed by atoms with E-state index in [9.17, 15) is 9.59 Å². The molecule has 2 aliphatic rings. The predicted molar refractivity (Wildman–Crippen MR) is 78.2 cm³/mol. The topological polar surface area (TPSA) is 40.6 Å². The summed E-state index contributed by atoms with van der Waals surface area (Å²) in [5.41, 5.74) is 2.14. The lowest BCUT2D eigenvalue weighted by atomic mass is 10.1. The van der Waals surface area contributed by atoms with Gasteiger partial charge in [0.25, 0.3) is 11.8 Å². The van der Waals surface area contributed by atoms with Crippen molar-refractivity contribution in [2.75, 3.05) is 24.5 Å². The molecular formula is C16H20N2O2. The maximum Gasteiger partial charge on any atom is 0.263 e. The first-order valence-corrected chi connectivity index (χ1v) is 7.48. The Hall–Kier alpha value is -1.84. The minimum atomic E-state index is -0.125. The van der Waals surface area contributed by atoms with Crippen LogP contribution in [-0.2, 0) is 0 Å². The van der Waals surface area contributed by atoms with E-state index < -0.39 is 0 Å². The van der Waals surface area contributed by atoms with Gasteiger partial charge in [0.1, 0.15) is 0 Å². The molecule has 2 aliphatic heterocycles. The summed E-state index contributed by atoms with van der Waals surface area (Å²) < 4.78 is 0. The molecule has 4 heteroatoms. The highest BCUT2D eigenvalue weighted by Crippen LogP contribution is 2.33. The van der Waals surface area contributed by atoms with Crippen molar-refractivity contribution in [3.05, 3.63) is 29.3 Å². The first-order chi connectivity index (χ1) is 9.74. The molecule has 0 aliphatic carbocycles. The largest absolute Gasteiger partial charge is 0.371 e. The van der Waals surface area contributed by atoms with E-state index in [1.54, 1.807) is 6.07 Å². The maximum absolute atomic E-state index is 12.6. The van der Waals surface area contributed by atoms with E-state index in [2.05, 4.69) is 11.8 Å². The van der Waals surface area contributed by atoms with Crippen LogP contribution in [0.25, 0.3) is 0 Å². The third kappa shape index (κ3) is 1.99. The van der Waals surface area contributed by atoms with Gasteiger partial charge in [-0.25, -0.2) is 0 Å². The van der Waals surface area contributed by atoms with Crippen LogP contribution in [0.5, 0.6) is 0 Å². The van der Waals surface area contributed by atoms with Gasteiger partial charge >= 0.3 is 0 Å². The Kier molecular flexibility index (Phi) is 3.47. The molecule has 1 saturated heterocycles. The van der Waals surface area contributed by atoms with Crippen LogP contribution in [0.4, 0.5) is 5.69 Å². The van der Waals surface area contributed by atoms with Crippen LogP contribution < -0.4 is 4.90 Å². The standard InChI is InChI=1S/C16H20N2O2/c1-2-3-11-18-15(19)12-7-6-8-13(14(12)16(18)20)17-9-4-5-10-17/h6-8H,2-5,9-11H2,1H3. The molecule has 2 amide bonds. The van der Waals surface area contributed by atoms with Gasteiger partial charge in [-0.3, -0.25) is 14.5 Å². The molecule has 20 heavy (non-hydrogen) atoms. The average Bonchev–Trinajstić information content (AvgIpc) is 3.07. The van der Waals surface area contributed by atoms with E-state index in [0.717, 1.165) is 44.5 Å². The second kappa shape index (κ2) is 5.27. The highest BCUT2D eigenvalue weighted by atomic mass is 16.2. The van der Waals surface area contributed by atoms with Crippen molar-refractivity contribution >= 4 is 17.5 Å². The summed E-state index contributed by atoms with van der Waals surface area (Å²) >= 11 is 0. The molecule has 0 atom stereocenters. The minimum absolute atomic E-state index is 0.110. The molecule has 106 valence electrons. The van der Waals surface area contributed by atoms with Crippen molar-refractivity contribution in [3.8, 4) is 0 Å². The number of unbranched alkanes of at least 4 members (excludes halogenated alkanes) is 1. The third-order valence-corrected chi connectivity index (χ3v) is 4.16. The van der Waals surface area contributed by atoms with Crippen molar-refractivity contribution in [3.63, 3.8) is 0 Å². The maximum atomic E-state index is 12.6. The molecule has 0 saturated carbocycles. The van der Waals surface area contributed by atoms with E-state index in [0.29, 0.717) is 17.7 Å². The summed E-state index contributed by atoms with van der Waals surface area (Å²) in [6, 6.07) is 5.64. The number of rotatable bonds is 4. The van der Waals surface area contributed by atoms with Crippen molar-refractivity contribution < 1.29 is 9.59 Å². The average molecular weight is 272 g/mol. The number of fused-ring (bicyclic) bond motifs is 1. The molecule has 0 spiro atoms. The molecular weight excluding hydrogens is 252 g/mol. The lowest BCUT2D eigenvalue weighted by molar-refractivity contribution is 0.0652. The Morgan fingerprint density at radius 2 is 1.85 bits per heavy atom. The summed E-state index contributed by atoms with van der Waals surface area (Å²) in [5.74, 6) is -0.236. The molecule has 0 unspecified atom stereocenters. The van der Waals surface area contributed by atoms with Gasteiger partial charge in [0.2, 0.25) is 0 Å². The summed E-state index contributed by atoms with van der Waals surface area (Å²) in [4.78, 5) is 28.6. The van der Waals surface area contributed by atoms with Gasteiger partial charge < -0.3 is 4.90 Å². The van der Waals surface area contributed by atoms with Crippen LogP contribution in [0.3, 0.4) is 0 Å². The molecule has 4 nitrogen and oxygen atoms in total. The lowest BCUT2D eigenvalue weighted by Gasteiger charge is -2.20. The Bertz CT molecular complexity index is 547. The SMILES string of the molecule is CCCCN1C(=O)c2cccc(N3CCCC3)c2C1=O. The number of benzene rings is 1. The zero-order valence-corrected chi connectivity index (χ0v) is 11.9. The van der Waals surface area contributed by atoms with Gasteiger partial charge in [-0.2, -0.15) is 0 Å². The van der Waals surface area contributed by atoms with Gasteiger partial charge in [0.05, 0.1) is 16.8 Å². The number of amides is 2. The molecule has 0 aromatic heterocycles. The number of nitrogens with zero attached hydrogens (tertiary/aromatic N) is 2. The number of imide groups is 1. The molecule has 3 rings (SSSR count). The van der Waals surface area contributed by atoms with E-state index >= 15 is 0 Å². The van der Waals surface area contributed by atoms with E-state index in [4.69, 9.17) is 0 Å². The van der Waals surface area contributed by atoms with Crippen LogP contribution in [-0.4, -0.2) is 36.3 Å². The lowest BCUT2D eigenvalue weighted by Crippen LogP contribution is -2.31. The Morgan fingerprint density at radius 3 is 2.55 bits per heavy atom. The van der Waals surface area contributed by atoms with E-state index in [-0.39, 0.29) is 11.8 Å². The van der Waals surface area contributed by atoms with Crippen LogP contribution >= 0.6 is 0 Å². The minimum Gasteiger partial charge on any atom is -0.371 e. The highest BCUT2D eigenvalue weighted by Gasteiger charge is 2.38. The third-order valence-electron chi connectivity index (χ3n) is 4.16. The van der Waals surface area contributed by atoms with Crippen LogP contribution in [0.15, 0.2) is 18.2 Å². The summed E-state index contributed by atoms with van der Waals surface area (Å²) in [6.45, 7) is 4.55. The fourth-order valence-corrected chi connectivity index (χ4v) is 3.06. The second-order valence-corrected chi connectivity index (χ2v) is 5.51. The van der Waals surface area contributed by atoms with Crippen molar-refractivity contribution in [2.24, 2.45) is 0 Å². The first-order valence-electron chi connectivity index (χ1n) is 7.48. The van der Waals surface area contributed by atoms with Gasteiger partial charge in [0, 0.05) is 19.6 Å². The molecule has 2 heterocycles. The number of hydrogen-bond acceptors (Lipinski definition) is 3. The molecule has 1 aromatic rings. The van der Waals surface area contributed by atoms with E-state index in [1.807, 2.05) is 12.1 Å². The number of hydrogen-bond donors (Lipinski definition) is 0. The second-order valence-electron chi connectivity index (χ2n) is 5.51. The Balaban J connectivity index is 1.97. The summed E-state index contributed by atoms with van der Waals surface area (Å²) in [5, 5.41) is 0. The fraction of sp³-hybridized carbons (Fsp3) is 0.500. The van der Waals surface area contributed by atoms with Gasteiger partial charge in [-0.05, 0) is 31.4 Å². The normalized spacial score (nSPS) is 18.1. The van der Waals surface area contributed by atoms with Crippen molar-refractivity contribution in [1.29, 1.82) is 0 Å². The van der Waals surface area contributed by atoms with Crippen LogP contribution in [0, 0.1) is 0 Å². The molecule has 0 bridgehead atoms. The van der Waals surface area contributed by atoms with Crippen molar-refractivity contribution in [2.45, 2.75) is 32.6 Å².